The molecule has 3 rings (SSSR count). The van der Waals surface area contributed by atoms with Crippen LogP contribution in [0.25, 0.3) is 11.1 Å². The molecule has 1 aliphatic heterocycles. The molecule has 0 fully saturated rings. The molecule has 0 radical (unpaired) electrons. The number of carbonyl (C=O) groups is 1. The Morgan fingerprint density at radius 3 is 2.48 bits per heavy atom. The summed E-state index contributed by atoms with van der Waals surface area (Å²) < 4.78 is 0. The molecule has 0 atom stereocenters. The fourth-order valence-electron chi connectivity index (χ4n) is 4.26. The maximum atomic E-state index is 12.5. The van der Waals surface area contributed by atoms with E-state index in [0.717, 1.165) is 49.4 Å². The van der Waals surface area contributed by atoms with Gasteiger partial charge in [-0.25, -0.2) is 0 Å². The Morgan fingerprint density at radius 2 is 1.79 bits per heavy atom. The lowest BCUT2D eigenvalue weighted by molar-refractivity contribution is -0.116. The number of hydrogen-bond acceptors (Lipinski definition) is 3. The third-order valence-electron chi connectivity index (χ3n) is 5.62. The normalized spacial score (nSPS) is 16.8. The number of hydrogen-bond donors (Lipinski definition) is 0. The number of fused-ring (bicyclic) bond motifs is 1. The van der Waals surface area contributed by atoms with Crippen LogP contribution in [0.5, 0.6) is 0 Å². The zero-order valence-electron chi connectivity index (χ0n) is 18.2. The molecule has 2 heterocycles. The van der Waals surface area contributed by atoms with Crippen LogP contribution in [0.4, 0.5) is 5.69 Å². The summed E-state index contributed by atoms with van der Waals surface area (Å²) >= 11 is 0. The smallest absolute Gasteiger partial charge is 0.223 e. The molecule has 2 aromatic rings. The van der Waals surface area contributed by atoms with E-state index in [2.05, 4.69) is 48.0 Å². The van der Waals surface area contributed by atoms with Crippen molar-refractivity contribution in [1.29, 1.82) is 0 Å². The molecular weight excluding hydrogens is 358 g/mol. The lowest BCUT2D eigenvalue weighted by Gasteiger charge is -2.30. The Kier molecular flexibility index (Phi) is 7.82. The van der Waals surface area contributed by atoms with Crippen molar-refractivity contribution in [3.05, 3.63) is 48.3 Å². The topological polar surface area (TPSA) is 36.4 Å². The molecule has 1 aromatic heterocycles. The van der Waals surface area contributed by atoms with Gasteiger partial charge >= 0.3 is 0 Å². The molecule has 0 saturated heterocycles. The van der Waals surface area contributed by atoms with Gasteiger partial charge in [-0.15, -0.1) is 0 Å². The minimum Gasteiger partial charge on any atom is -0.312 e. The Labute approximate surface area is 175 Å². The quantitative estimate of drug-likeness (QED) is 0.688. The lowest BCUT2D eigenvalue weighted by Crippen LogP contribution is -2.33. The van der Waals surface area contributed by atoms with Crippen LogP contribution in [-0.2, 0) is 11.3 Å². The van der Waals surface area contributed by atoms with Crippen molar-refractivity contribution in [3.8, 4) is 11.1 Å². The first-order valence-electron chi connectivity index (χ1n) is 11.1. The van der Waals surface area contributed by atoms with Crippen molar-refractivity contribution in [2.45, 2.75) is 59.4 Å². The van der Waals surface area contributed by atoms with Crippen LogP contribution in [0.2, 0.25) is 0 Å². The monoisotopic (exact) mass is 393 g/mol. The number of pyridine rings is 1. The van der Waals surface area contributed by atoms with E-state index in [9.17, 15) is 4.79 Å². The van der Waals surface area contributed by atoms with E-state index in [0.29, 0.717) is 5.92 Å². The van der Waals surface area contributed by atoms with Crippen molar-refractivity contribution >= 4 is 11.6 Å². The first-order valence-corrected chi connectivity index (χ1v) is 11.1. The molecule has 4 nitrogen and oxygen atoms in total. The molecule has 1 aromatic carbocycles. The van der Waals surface area contributed by atoms with Crippen LogP contribution in [0.15, 0.2) is 42.7 Å². The van der Waals surface area contributed by atoms with Crippen LogP contribution < -0.4 is 4.90 Å². The van der Waals surface area contributed by atoms with Crippen molar-refractivity contribution in [1.82, 2.24) is 9.88 Å². The molecule has 0 bridgehead atoms. The molecule has 0 N–H and O–H groups in total. The summed E-state index contributed by atoms with van der Waals surface area (Å²) in [5.74, 6) is 0.754. The zero-order valence-corrected chi connectivity index (χ0v) is 18.2. The van der Waals surface area contributed by atoms with Gasteiger partial charge in [-0.1, -0.05) is 45.2 Å². The van der Waals surface area contributed by atoms with E-state index in [-0.39, 0.29) is 5.91 Å². The summed E-state index contributed by atoms with van der Waals surface area (Å²) in [5.41, 5.74) is 4.59. The summed E-state index contributed by atoms with van der Waals surface area (Å²) in [6.07, 6.45) is 9.76. The van der Waals surface area contributed by atoms with Gasteiger partial charge in [0.05, 0.1) is 0 Å². The van der Waals surface area contributed by atoms with Gasteiger partial charge in [-0.05, 0) is 60.2 Å². The largest absolute Gasteiger partial charge is 0.312 e. The summed E-state index contributed by atoms with van der Waals surface area (Å²) in [5, 5.41) is 0. The molecule has 0 spiro atoms. The van der Waals surface area contributed by atoms with Crippen LogP contribution in [-0.4, -0.2) is 35.4 Å². The van der Waals surface area contributed by atoms with Gasteiger partial charge < -0.3 is 4.90 Å². The Bertz CT molecular complexity index is 788. The predicted octanol–water partition coefficient (Wildman–Crippen LogP) is 5.52. The SMILES string of the molecule is CC(=O)N1CCCCCCCN(CC(C)C)Cc2cc(-c3cccnc3)ccc21. The van der Waals surface area contributed by atoms with Crippen LogP contribution in [0.3, 0.4) is 0 Å². The first-order chi connectivity index (χ1) is 14.0. The van der Waals surface area contributed by atoms with Gasteiger partial charge in [0.1, 0.15) is 0 Å². The van der Waals surface area contributed by atoms with E-state index in [1.165, 1.54) is 31.2 Å². The van der Waals surface area contributed by atoms with E-state index in [1.807, 2.05) is 17.2 Å². The van der Waals surface area contributed by atoms with Crippen LogP contribution in [0.1, 0.15) is 58.4 Å². The average molecular weight is 394 g/mol. The highest BCUT2D eigenvalue weighted by atomic mass is 16.2. The second-order valence-corrected chi connectivity index (χ2v) is 8.65. The van der Waals surface area contributed by atoms with Gasteiger partial charge in [-0.2, -0.15) is 0 Å². The Hall–Kier alpha value is -2.20. The standard InChI is InChI=1S/C25H35N3O/c1-20(2)18-27-14-7-5-4-6-8-15-28(21(3)29)25-12-11-22(16-24(25)19-27)23-10-9-13-26-17-23/h9-13,16-17,20H,4-8,14-15,18-19H2,1-3H3. The highest BCUT2D eigenvalue weighted by molar-refractivity contribution is 5.92. The van der Waals surface area contributed by atoms with Gasteiger partial charge in [0.15, 0.2) is 0 Å². The molecule has 0 saturated carbocycles. The Balaban J connectivity index is 2.01. The summed E-state index contributed by atoms with van der Waals surface area (Å²) in [4.78, 5) is 21.3. The minimum absolute atomic E-state index is 0.132. The summed E-state index contributed by atoms with van der Waals surface area (Å²) in [6.45, 7) is 10.1. The minimum atomic E-state index is 0.132. The molecule has 156 valence electrons. The third-order valence-corrected chi connectivity index (χ3v) is 5.62. The third kappa shape index (κ3) is 6.14. The molecule has 4 heteroatoms. The number of nitrogens with zero attached hydrogens (tertiary/aromatic N) is 3. The van der Waals surface area contributed by atoms with Crippen molar-refractivity contribution in [2.24, 2.45) is 5.92 Å². The van der Waals surface area contributed by atoms with E-state index >= 15 is 0 Å². The molecule has 29 heavy (non-hydrogen) atoms. The Morgan fingerprint density at radius 1 is 1.03 bits per heavy atom. The van der Waals surface area contributed by atoms with E-state index in [4.69, 9.17) is 0 Å². The summed E-state index contributed by atoms with van der Waals surface area (Å²) in [6, 6.07) is 10.6. The zero-order chi connectivity index (χ0) is 20.6. The average Bonchev–Trinajstić information content (AvgIpc) is 2.69. The van der Waals surface area contributed by atoms with Crippen molar-refractivity contribution in [2.75, 3.05) is 24.5 Å². The second-order valence-electron chi connectivity index (χ2n) is 8.65. The molecule has 0 aliphatic carbocycles. The fourth-order valence-corrected chi connectivity index (χ4v) is 4.26. The van der Waals surface area contributed by atoms with Crippen LogP contribution >= 0.6 is 0 Å². The molecule has 0 unspecified atom stereocenters. The first kappa shape index (κ1) is 21.5. The number of anilines is 1. The number of rotatable bonds is 3. The molecule has 1 aliphatic rings. The van der Waals surface area contributed by atoms with Gasteiger partial charge in [-0.3, -0.25) is 14.7 Å². The van der Waals surface area contributed by atoms with E-state index < -0.39 is 0 Å². The second kappa shape index (κ2) is 10.5. The number of aromatic nitrogens is 1. The van der Waals surface area contributed by atoms with Crippen LogP contribution in [0, 0.1) is 5.92 Å². The number of amides is 1. The molecular formula is C25H35N3O. The maximum Gasteiger partial charge on any atom is 0.223 e. The van der Waals surface area contributed by atoms with Gasteiger partial charge in [0.2, 0.25) is 5.91 Å². The summed E-state index contributed by atoms with van der Waals surface area (Å²) in [7, 11) is 0. The number of benzene rings is 1. The highest BCUT2D eigenvalue weighted by Crippen LogP contribution is 2.30. The fraction of sp³-hybridized carbons (Fsp3) is 0.520. The van der Waals surface area contributed by atoms with E-state index in [1.54, 1.807) is 13.1 Å². The lowest BCUT2D eigenvalue weighted by atomic mass is 10.0. The van der Waals surface area contributed by atoms with Gasteiger partial charge in [0, 0.05) is 44.6 Å². The maximum absolute atomic E-state index is 12.5. The van der Waals surface area contributed by atoms with Crippen molar-refractivity contribution < 1.29 is 4.79 Å². The van der Waals surface area contributed by atoms with Gasteiger partial charge in [0.25, 0.3) is 0 Å². The number of carbonyl (C=O) groups excluding carboxylic acids is 1. The predicted molar refractivity (Wildman–Crippen MR) is 121 cm³/mol. The highest BCUT2D eigenvalue weighted by Gasteiger charge is 2.19. The molecule has 1 amide bonds. The van der Waals surface area contributed by atoms with Crippen molar-refractivity contribution in [3.63, 3.8) is 0 Å².